The maximum atomic E-state index is 12.8. The van der Waals surface area contributed by atoms with Crippen molar-refractivity contribution in [3.05, 3.63) is 24.1 Å². The van der Waals surface area contributed by atoms with E-state index in [9.17, 15) is 8.78 Å². The zero-order valence-corrected chi connectivity index (χ0v) is 7.29. The quantitative estimate of drug-likeness (QED) is 0.539. The molecule has 2 N–H and O–H groups in total. The Labute approximate surface area is 78.0 Å². The Hall–Kier alpha value is -1.63. The fraction of sp³-hybridized carbons (Fsp3) is 0.286. The molecule has 76 valence electrons. The van der Waals surface area contributed by atoms with Crippen molar-refractivity contribution in [3.63, 3.8) is 0 Å². The molecule has 0 atom stereocenters. The number of nitrogens with one attached hydrogen (secondary N) is 2. The lowest BCUT2D eigenvalue weighted by atomic mass is 10.5. The van der Waals surface area contributed by atoms with Crippen LogP contribution in [0.3, 0.4) is 0 Å². The molecule has 0 spiro atoms. The molecule has 1 heterocycles. The summed E-state index contributed by atoms with van der Waals surface area (Å²) in [7, 11) is 0.792. The third kappa shape index (κ3) is 1.82. The average Bonchev–Trinajstić information content (AvgIpc) is 2.17. The molecule has 1 rings (SSSR count). The summed E-state index contributed by atoms with van der Waals surface area (Å²) in [5.41, 5.74) is -0.311. The highest BCUT2D eigenvalue weighted by atomic mass is 19.3. The van der Waals surface area contributed by atoms with Crippen LogP contribution < -0.4 is 5.49 Å². The second kappa shape index (κ2) is 3.62. The molecule has 0 aliphatic carbocycles. The maximum absolute atomic E-state index is 12.8. The molecule has 14 heavy (non-hydrogen) atoms. The number of hydrogen-bond donors (Lipinski definition) is 2. The van der Waals surface area contributed by atoms with Gasteiger partial charge in [0.2, 0.25) is 5.84 Å². The fourth-order valence-electron chi connectivity index (χ4n) is 0.793. The van der Waals surface area contributed by atoms with Gasteiger partial charge in [-0.25, -0.2) is 0 Å². The van der Waals surface area contributed by atoms with Gasteiger partial charge in [0.25, 0.3) is 0 Å². The molecule has 0 saturated heterocycles. The van der Waals surface area contributed by atoms with Gasteiger partial charge in [-0.3, -0.25) is 20.4 Å². The molecule has 5 nitrogen and oxygen atoms in total. The molecule has 1 aromatic heterocycles. The van der Waals surface area contributed by atoms with Crippen molar-refractivity contribution in [2.24, 2.45) is 0 Å². The summed E-state index contributed by atoms with van der Waals surface area (Å²) in [5.74, 6) is -1.12. The zero-order chi connectivity index (χ0) is 10.8. The molecule has 0 bridgehead atoms. The summed E-state index contributed by atoms with van der Waals surface area (Å²) in [6, 6.07) is 0. The number of ether oxygens (including phenoxy) is 1. The van der Waals surface area contributed by atoms with E-state index < -0.39 is 11.9 Å². The summed E-state index contributed by atoms with van der Waals surface area (Å²) in [4.78, 5) is 3.54. The first-order chi connectivity index (χ1) is 6.49. The molecule has 0 aromatic carbocycles. The highest BCUT2D eigenvalue weighted by Gasteiger charge is 2.36. The van der Waals surface area contributed by atoms with Crippen LogP contribution in [0.5, 0.6) is 0 Å². The van der Waals surface area contributed by atoms with Crippen LogP contribution in [0.15, 0.2) is 18.6 Å². The van der Waals surface area contributed by atoms with Crippen molar-refractivity contribution in [2.75, 3.05) is 7.11 Å². The number of hydrogen-bond acceptors (Lipinski definition) is 4. The normalized spacial score (nSPS) is 11.4. The Morgan fingerprint density at radius 1 is 1.64 bits per heavy atom. The summed E-state index contributed by atoms with van der Waals surface area (Å²) < 4.78 is 30.2. The fourth-order valence-corrected chi connectivity index (χ4v) is 0.793. The molecule has 0 radical (unpaired) electrons. The molecule has 0 amide bonds. The highest BCUT2D eigenvalue weighted by molar-refractivity contribution is 5.86. The van der Waals surface area contributed by atoms with Gasteiger partial charge in [0.1, 0.15) is 5.49 Å². The van der Waals surface area contributed by atoms with Crippen molar-refractivity contribution >= 4 is 5.84 Å². The minimum atomic E-state index is -3.71. The number of methoxy groups -OCH3 is 1. The third-order valence-corrected chi connectivity index (χ3v) is 1.53. The molecule has 0 aliphatic heterocycles. The summed E-state index contributed by atoms with van der Waals surface area (Å²) in [6.07, 6.45) is -0.349. The van der Waals surface area contributed by atoms with Crippen LogP contribution >= 0.6 is 0 Å². The van der Waals surface area contributed by atoms with Gasteiger partial charge in [0.05, 0.1) is 6.20 Å². The average molecular weight is 202 g/mol. The van der Waals surface area contributed by atoms with Crippen LogP contribution in [0, 0.1) is 10.8 Å². The second-order valence-electron chi connectivity index (χ2n) is 2.40. The van der Waals surface area contributed by atoms with Crippen molar-refractivity contribution in [1.82, 2.24) is 9.55 Å². The van der Waals surface area contributed by atoms with Gasteiger partial charge in [-0.05, 0) is 0 Å². The predicted octanol–water partition coefficient (Wildman–Crippen LogP) is 0.427. The standard InChI is InChI=1S/C7H8F2N4O/c1-14-7(8,9)6(11)13-3-2-12-4-5(13)10/h2-4,10-11H,1H3. The first kappa shape index (κ1) is 10.5. The first-order valence-electron chi connectivity index (χ1n) is 3.58. The summed E-state index contributed by atoms with van der Waals surface area (Å²) in [6.45, 7) is 0. The van der Waals surface area contributed by atoms with Gasteiger partial charge in [-0.15, -0.1) is 0 Å². The van der Waals surface area contributed by atoms with Crippen molar-refractivity contribution in [1.29, 1.82) is 10.8 Å². The minimum Gasteiger partial charge on any atom is -0.317 e. The van der Waals surface area contributed by atoms with E-state index in [1.54, 1.807) is 0 Å². The maximum Gasteiger partial charge on any atom is 0.415 e. The molecule has 7 heteroatoms. The largest absolute Gasteiger partial charge is 0.415 e. The topological polar surface area (TPSA) is 74.8 Å². The number of alkyl halides is 2. The number of aromatic nitrogens is 2. The Morgan fingerprint density at radius 3 is 2.79 bits per heavy atom. The molecule has 0 saturated carbocycles. The Morgan fingerprint density at radius 2 is 2.29 bits per heavy atom. The lowest BCUT2D eigenvalue weighted by Gasteiger charge is -2.16. The first-order valence-corrected chi connectivity index (χ1v) is 3.58. The van der Waals surface area contributed by atoms with Gasteiger partial charge in [-0.1, -0.05) is 0 Å². The van der Waals surface area contributed by atoms with Crippen molar-refractivity contribution < 1.29 is 13.5 Å². The van der Waals surface area contributed by atoms with E-state index in [4.69, 9.17) is 10.8 Å². The molecule has 1 aromatic rings. The second-order valence-corrected chi connectivity index (χ2v) is 2.40. The van der Waals surface area contributed by atoms with Crippen LogP contribution in [0.1, 0.15) is 0 Å². The Balaban J connectivity index is 3.14. The van der Waals surface area contributed by atoms with Crippen LogP contribution in [0.2, 0.25) is 0 Å². The van der Waals surface area contributed by atoms with Gasteiger partial charge < -0.3 is 4.74 Å². The van der Waals surface area contributed by atoms with Crippen LogP contribution in [0.4, 0.5) is 8.78 Å². The van der Waals surface area contributed by atoms with E-state index in [0.29, 0.717) is 4.57 Å². The van der Waals surface area contributed by atoms with E-state index >= 15 is 0 Å². The number of rotatable bonds is 2. The predicted molar refractivity (Wildman–Crippen MR) is 43.2 cm³/mol. The lowest BCUT2D eigenvalue weighted by Crippen LogP contribution is -2.40. The monoisotopic (exact) mass is 202 g/mol. The Bertz CT molecular complexity index is 401. The molecule has 0 fully saturated rings. The van der Waals surface area contributed by atoms with E-state index in [0.717, 1.165) is 19.5 Å². The zero-order valence-electron chi connectivity index (χ0n) is 7.29. The molecular weight excluding hydrogens is 194 g/mol. The molecule has 0 aliphatic rings. The highest BCUT2D eigenvalue weighted by Crippen LogP contribution is 2.15. The minimum absolute atomic E-state index is 0.311. The lowest BCUT2D eigenvalue weighted by molar-refractivity contribution is -0.165. The summed E-state index contributed by atoms with van der Waals surface area (Å²) in [5, 5.41) is 14.3. The molecule has 0 unspecified atom stereocenters. The SMILES string of the molecule is COC(F)(F)C(=N)n1ccncc1=N. The number of halogens is 2. The van der Waals surface area contributed by atoms with E-state index in [1.807, 2.05) is 0 Å². The molecular formula is C7H8F2N4O. The van der Waals surface area contributed by atoms with Crippen LogP contribution in [-0.4, -0.2) is 28.6 Å². The van der Waals surface area contributed by atoms with Gasteiger partial charge in [0.15, 0.2) is 0 Å². The van der Waals surface area contributed by atoms with Gasteiger partial charge in [-0.2, -0.15) is 8.78 Å². The van der Waals surface area contributed by atoms with E-state index in [-0.39, 0.29) is 5.49 Å². The van der Waals surface area contributed by atoms with Crippen molar-refractivity contribution in [3.8, 4) is 0 Å². The number of nitrogens with zero attached hydrogens (tertiary/aromatic N) is 2. The van der Waals surface area contributed by atoms with Gasteiger partial charge in [0, 0.05) is 19.5 Å². The summed E-state index contributed by atoms with van der Waals surface area (Å²) >= 11 is 0. The van der Waals surface area contributed by atoms with Crippen LogP contribution in [-0.2, 0) is 4.74 Å². The van der Waals surface area contributed by atoms with Gasteiger partial charge >= 0.3 is 6.11 Å². The van der Waals surface area contributed by atoms with Crippen LogP contribution in [0.25, 0.3) is 0 Å². The Kier molecular flexibility index (Phi) is 2.70. The third-order valence-electron chi connectivity index (χ3n) is 1.53. The smallest absolute Gasteiger partial charge is 0.317 e. The van der Waals surface area contributed by atoms with Crippen molar-refractivity contribution in [2.45, 2.75) is 6.11 Å². The van der Waals surface area contributed by atoms with E-state index in [1.165, 1.54) is 6.20 Å². The van der Waals surface area contributed by atoms with E-state index in [2.05, 4.69) is 9.72 Å².